The van der Waals surface area contributed by atoms with E-state index in [2.05, 4.69) is 43.7 Å². The van der Waals surface area contributed by atoms with Gasteiger partial charge >= 0.3 is 0 Å². The van der Waals surface area contributed by atoms with Gasteiger partial charge in [-0.1, -0.05) is 17.3 Å². The number of pyridine rings is 1. The molecule has 0 atom stereocenters. The number of nitrogens with one attached hydrogen (secondary N) is 1. The van der Waals surface area contributed by atoms with Crippen molar-refractivity contribution < 1.29 is 9.32 Å². The number of carbonyl (C=O) groups is 1. The van der Waals surface area contributed by atoms with E-state index < -0.39 is 0 Å². The fourth-order valence-electron chi connectivity index (χ4n) is 3.32. The van der Waals surface area contributed by atoms with Gasteiger partial charge in [0.05, 0.1) is 11.4 Å². The zero-order chi connectivity index (χ0) is 21.6. The molecule has 0 spiro atoms. The van der Waals surface area contributed by atoms with E-state index in [-0.39, 0.29) is 5.91 Å². The molecule has 0 saturated carbocycles. The molecule has 0 fully saturated rings. The lowest BCUT2D eigenvalue weighted by Crippen LogP contribution is -2.25. The Balaban J connectivity index is 1.22. The van der Waals surface area contributed by atoms with Crippen LogP contribution in [0.15, 0.2) is 59.4 Å². The molecule has 8 nitrogen and oxygen atoms in total. The predicted octanol–water partition coefficient (Wildman–Crippen LogP) is 3.23. The molecule has 4 rings (SSSR count). The zero-order valence-electron chi connectivity index (χ0n) is 17.6. The van der Waals surface area contributed by atoms with Crippen LogP contribution in [0.25, 0.3) is 17.1 Å². The highest BCUT2D eigenvalue weighted by Gasteiger charge is 2.11. The lowest BCUT2D eigenvalue weighted by atomic mass is 10.1. The highest BCUT2D eigenvalue weighted by Crippen LogP contribution is 2.15. The third-order valence-corrected chi connectivity index (χ3v) is 4.88. The quantitative estimate of drug-likeness (QED) is 0.473. The summed E-state index contributed by atoms with van der Waals surface area (Å²) in [5, 5.41) is 11.4. The maximum atomic E-state index is 12.1. The average molecular weight is 416 g/mol. The van der Waals surface area contributed by atoms with Gasteiger partial charge in [-0.2, -0.15) is 10.1 Å². The SMILES string of the molecule is Cc1cc(C)n(-c2ccc(CCNC(=O)CCc3nc(-c4cccnc4)no3)cc2)n1. The van der Waals surface area contributed by atoms with Crippen LogP contribution in [0, 0.1) is 13.8 Å². The first-order valence-electron chi connectivity index (χ1n) is 10.2. The van der Waals surface area contributed by atoms with E-state index in [0.717, 1.165) is 34.6 Å². The Hall–Kier alpha value is -3.81. The molecule has 0 radical (unpaired) electrons. The van der Waals surface area contributed by atoms with Gasteiger partial charge in [-0.3, -0.25) is 9.78 Å². The maximum absolute atomic E-state index is 12.1. The molecule has 3 aromatic heterocycles. The summed E-state index contributed by atoms with van der Waals surface area (Å²) in [5.41, 5.74) is 5.07. The standard InChI is InChI=1S/C23H24N6O2/c1-16-14-17(2)29(27-16)20-7-5-18(6-8-20)11-13-25-21(30)9-10-22-26-23(28-31-22)19-4-3-12-24-15-19/h3-8,12,14-15H,9-11,13H2,1-2H3,(H,25,30). The number of benzene rings is 1. The number of hydrogen-bond acceptors (Lipinski definition) is 6. The van der Waals surface area contributed by atoms with Crippen molar-refractivity contribution in [2.75, 3.05) is 6.54 Å². The summed E-state index contributed by atoms with van der Waals surface area (Å²) in [6, 6.07) is 14.0. The zero-order valence-corrected chi connectivity index (χ0v) is 17.6. The Kier molecular flexibility index (Phi) is 6.16. The van der Waals surface area contributed by atoms with Crippen LogP contribution in [-0.2, 0) is 17.6 Å². The third-order valence-electron chi connectivity index (χ3n) is 4.88. The second kappa shape index (κ2) is 9.34. The fourth-order valence-corrected chi connectivity index (χ4v) is 3.32. The van der Waals surface area contributed by atoms with Crippen LogP contribution < -0.4 is 5.32 Å². The van der Waals surface area contributed by atoms with E-state index in [1.165, 1.54) is 0 Å². The van der Waals surface area contributed by atoms with Gasteiger partial charge in [0, 0.05) is 43.0 Å². The van der Waals surface area contributed by atoms with Crippen molar-refractivity contribution in [3.05, 3.63) is 77.7 Å². The van der Waals surface area contributed by atoms with Gasteiger partial charge in [0.25, 0.3) is 0 Å². The summed E-state index contributed by atoms with van der Waals surface area (Å²) in [7, 11) is 0. The van der Waals surface area contributed by atoms with Crippen molar-refractivity contribution in [2.24, 2.45) is 0 Å². The van der Waals surface area contributed by atoms with Gasteiger partial charge in [0.1, 0.15) is 0 Å². The predicted molar refractivity (Wildman–Crippen MR) is 116 cm³/mol. The van der Waals surface area contributed by atoms with Crippen LogP contribution >= 0.6 is 0 Å². The molecule has 0 aliphatic heterocycles. The lowest BCUT2D eigenvalue weighted by molar-refractivity contribution is -0.121. The summed E-state index contributed by atoms with van der Waals surface area (Å²) in [4.78, 5) is 20.5. The minimum atomic E-state index is -0.0413. The van der Waals surface area contributed by atoms with Gasteiger partial charge in [0.2, 0.25) is 17.6 Å². The third kappa shape index (κ3) is 5.22. The Morgan fingerprint density at radius 3 is 2.68 bits per heavy atom. The van der Waals surface area contributed by atoms with Crippen molar-refractivity contribution in [3.63, 3.8) is 0 Å². The first-order valence-corrected chi connectivity index (χ1v) is 10.2. The normalized spacial score (nSPS) is 10.9. The Morgan fingerprint density at radius 2 is 1.97 bits per heavy atom. The Morgan fingerprint density at radius 1 is 1.13 bits per heavy atom. The summed E-state index contributed by atoms with van der Waals surface area (Å²) >= 11 is 0. The molecule has 1 amide bonds. The summed E-state index contributed by atoms with van der Waals surface area (Å²) < 4.78 is 7.15. The second-order valence-corrected chi connectivity index (χ2v) is 7.36. The van der Waals surface area contributed by atoms with E-state index in [1.54, 1.807) is 12.4 Å². The largest absolute Gasteiger partial charge is 0.356 e. The molecule has 0 aliphatic rings. The van der Waals surface area contributed by atoms with Gasteiger partial charge < -0.3 is 9.84 Å². The fraction of sp³-hybridized carbons (Fsp3) is 0.261. The Bertz CT molecular complexity index is 1150. The number of carbonyl (C=O) groups excluding carboxylic acids is 1. The van der Waals surface area contributed by atoms with Gasteiger partial charge in [-0.25, -0.2) is 4.68 Å². The average Bonchev–Trinajstić information content (AvgIpc) is 3.39. The van der Waals surface area contributed by atoms with Crippen LogP contribution in [-0.4, -0.2) is 37.4 Å². The highest BCUT2D eigenvalue weighted by atomic mass is 16.5. The van der Waals surface area contributed by atoms with Gasteiger partial charge in [-0.15, -0.1) is 0 Å². The highest BCUT2D eigenvalue weighted by molar-refractivity contribution is 5.76. The molecule has 0 unspecified atom stereocenters. The first kappa shape index (κ1) is 20.5. The number of hydrogen-bond donors (Lipinski definition) is 1. The minimum absolute atomic E-state index is 0.0413. The van der Waals surface area contributed by atoms with Gasteiger partial charge in [-0.05, 0) is 56.2 Å². The number of aryl methyl sites for hydroxylation is 3. The lowest BCUT2D eigenvalue weighted by Gasteiger charge is -2.07. The Labute approximate surface area is 180 Å². The molecular formula is C23H24N6O2. The summed E-state index contributed by atoms with van der Waals surface area (Å²) in [5.74, 6) is 0.876. The minimum Gasteiger partial charge on any atom is -0.356 e. The maximum Gasteiger partial charge on any atom is 0.227 e. The van der Waals surface area contributed by atoms with E-state index in [9.17, 15) is 4.79 Å². The molecular weight excluding hydrogens is 392 g/mol. The van der Waals surface area contributed by atoms with Crippen molar-refractivity contribution in [3.8, 4) is 17.1 Å². The molecule has 0 aliphatic carbocycles. The molecule has 0 saturated heterocycles. The molecule has 158 valence electrons. The number of rotatable bonds is 8. The molecule has 1 N–H and O–H groups in total. The second-order valence-electron chi connectivity index (χ2n) is 7.36. The summed E-state index contributed by atoms with van der Waals surface area (Å²) in [6.45, 7) is 4.60. The van der Waals surface area contributed by atoms with Crippen LogP contribution in [0.2, 0.25) is 0 Å². The van der Waals surface area contributed by atoms with Crippen LogP contribution in [0.5, 0.6) is 0 Å². The molecule has 8 heteroatoms. The van der Waals surface area contributed by atoms with E-state index >= 15 is 0 Å². The van der Waals surface area contributed by atoms with Crippen molar-refractivity contribution in [1.82, 2.24) is 30.2 Å². The van der Waals surface area contributed by atoms with Crippen molar-refractivity contribution in [1.29, 1.82) is 0 Å². The molecule has 1 aromatic carbocycles. The molecule has 3 heterocycles. The summed E-state index contributed by atoms with van der Waals surface area (Å²) in [6.07, 6.45) is 4.81. The van der Waals surface area contributed by atoms with Crippen LogP contribution in [0.4, 0.5) is 0 Å². The van der Waals surface area contributed by atoms with Crippen molar-refractivity contribution in [2.45, 2.75) is 33.1 Å². The number of amides is 1. The molecule has 31 heavy (non-hydrogen) atoms. The van der Waals surface area contributed by atoms with E-state index in [0.29, 0.717) is 31.1 Å². The van der Waals surface area contributed by atoms with E-state index in [4.69, 9.17) is 4.52 Å². The van der Waals surface area contributed by atoms with Crippen LogP contribution in [0.1, 0.15) is 29.3 Å². The van der Waals surface area contributed by atoms with E-state index in [1.807, 2.05) is 42.8 Å². The van der Waals surface area contributed by atoms with Crippen LogP contribution in [0.3, 0.4) is 0 Å². The monoisotopic (exact) mass is 416 g/mol. The molecule has 4 aromatic rings. The van der Waals surface area contributed by atoms with Crippen molar-refractivity contribution >= 4 is 5.91 Å². The number of nitrogens with zero attached hydrogens (tertiary/aromatic N) is 5. The smallest absolute Gasteiger partial charge is 0.227 e. The topological polar surface area (TPSA) is 98.7 Å². The van der Waals surface area contributed by atoms with Gasteiger partial charge in [0.15, 0.2) is 0 Å². The molecule has 0 bridgehead atoms. The first-order chi connectivity index (χ1) is 15.1. The number of aromatic nitrogens is 5.